The minimum atomic E-state index is -1.04. The Morgan fingerprint density at radius 1 is 1.25 bits per heavy atom. The Kier molecular flexibility index (Phi) is 2.72. The number of benzene rings is 1. The van der Waals surface area contributed by atoms with Gasteiger partial charge in [0.25, 0.3) is 11.7 Å². The highest BCUT2D eigenvalue weighted by Crippen LogP contribution is 2.28. The Morgan fingerprint density at radius 3 is 2.62 bits per heavy atom. The molecule has 0 aromatic heterocycles. The molecule has 1 aromatic rings. The van der Waals surface area contributed by atoms with Crippen molar-refractivity contribution in [2.45, 2.75) is 6.10 Å². The molecule has 1 aliphatic rings. The van der Waals surface area contributed by atoms with Crippen molar-refractivity contribution < 1.29 is 19.8 Å². The van der Waals surface area contributed by atoms with E-state index in [9.17, 15) is 14.7 Å². The summed E-state index contributed by atoms with van der Waals surface area (Å²) in [4.78, 5) is 24.3. The second-order valence-electron chi connectivity index (χ2n) is 3.60. The molecule has 1 unspecified atom stereocenters. The zero-order valence-electron chi connectivity index (χ0n) is 8.46. The first-order valence-electron chi connectivity index (χ1n) is 4.89. The third-order valence-electron chi connectivity index (χ3n) is 2.48. The summed E-state index contributed by atoms with van der Waals surface area (Å²) >= 11 is 0. The smallest absolute Gasteiger partial charge is 0.299 e. The summed E-state index contributed by atoms with van der Waals surface area (Å²) in [6, 6.07) is 6.60. The number of fused-ring (bicyclic) bond motifs is 1. The SMILES string of the molecule is O=C1C(=O)N(CC(O)CO)c2ccccc21. The quantitative estimate of drug-likeness (QED) is 0.679. The zero-order chi connectivity index (χ0) is 11.7. The van der Waals surface area contributed by atoms with E-state index in [0.717, 1.165) is 0 Å². The third kappa shape index (κ3) is 1.60. The van der Waals surface area contributed by atoms with Crippen LogP contribution in [0.3, 0.4) is 0 Å². The van der Waals surface area contributed by atoms with Gasteiger partial charge in [-0.3, -0.25) is 9.59 Å². The molecule has 84 valence electrons. The van der Waals surface area contributed by atoms with Gasteiger partial charge in [0.2, 0.25) is 0 Å². The minimum Gasteiger partial charge on any atom is -0.394 e. The highest BCUT2D eigenvalue weighted by Gasteiger charge is 2.36. The lowest BCUT2D eigenvalue weighted by atomic mass is 10.1. The molecule has 16 heavy (non-hydrogen) atoms. The summed E-state index contributed by atoms with van der Waals surface area (Å²) in [7, 11) is 0. The van der Waals surface area contributed by atoms with Crippen molar-refractivity contribution in [1.29, 1.82) is 0 Å². The summed E-state index contributed by atoms with van der Waals surface area (Å²) in [6.45, 7) is -0.516. The highest BCUT2D eigenvalue weighted by atomic mass is 16.3. The number of rotatable bonds is 3. The Bertz CT molecular complexity index is 443. The minimum absolute atomic E-state index is 0.0713. The Balaban J connectivity index is 2.34. The van der Waals surface area contributed by atoms with Gasteiger partial charge in [0, 0.05) is 0 Å². The van der Waals surface area contributed by atoms with E-state index < -0.39 is 24.4 Å². The van der Waals surface area contributed by atoms with Crippen LogP contribution < -0.4 is 4.90 Å². The molecule has 2 rings (SSSR count). The van der Waals surface area contributed by atoms with Crippen molar-refractivity contribution in [2.24, 2.45) is 0 Å². The van der Waals surface area contributed by atoms with Crippen molar-refractivity contribution in [1.82, 2.24) is 0 Å². The van der Waals surface area contributed by atoms with Gasteiger partial charge in [-0.05, 0) is 12.1 Å². The molecule has 0 fully saturated rings. The molecule has 2 N–H and O–H groups in total. The summed E-state index contributed by atoms with van der Waals surface area (Å²) in [5.74, 6) is -1.23. The Morgan fingerprint density at radius 2 is 1.94 bits per heavy atom. The molecule has 0 aliphatic carbocycles. The molecular formula is C11H11NO4. The largest absolute Gasteiger partial charge is 0.394 e. The number of Topliss-reactive ketones (excluding diaryl/α,β-unsaturated/α-hetero) is 1. The van der Waals surface area contributed by atoms with Crippen LogP contribution >= 0.6 is 0 Å². The van der Waals surface area contributed by atoms with Crippen LogP contribution in [0.15, 0.2) is 24.3 Å². The Hall–Kier alpha value is -1.72. The molecule has 5 nitrogen and oxygen atoms in total. The first-order valence-corrected chi connectivity index (χ1v) is 4.89. The van der Waals surface area contributed by atoms with Crippen molar-refractivity contribution in [3.63, 3.8) is 0 Å². The number of carbonyl (C=O) groups is 2. The van der Waals surface area contributed by atoms with Gasteiger partial charge in [0.1, 0.15) is 0 Å². The van der Waals surface area contributed by atoms with Crippen molar-refractivity contribution >= 4 is 17.4 Å². The van der Waals surface area contributed by atoms with E-state index in [0.29, 0.717) is 11.3 Å². The number of carbonyl (C=O) groups excluding carboxylic acids is 2. The number of nitrogens with zero attached hydrogens (tertiary/aromatic N) is 1. The molecule has 0 spiro atoms. The van der Waals surface area contributed by atoms with E-state index in [1.807, 2.05) is 0 Å². The molecule has 0 radical (unpaired) electrons. The molecule has 1 atom stereocenters. The van der Waals surface area contributed by atoms with Gasteiger partial charge in [-0.2, -0.15) is 0 Å². The maximum atomic E-state index is 11.6. The molecule has 0 saturated heterocycles. The standard InChI is InChI=1S/C11H11NO4/c13-6-7(14)5-12-9-4-2-1-3-8(9)10(15)11(12)16/h1-4,7,13-14H,5-6H2. The summed E-state index contributed by atoms with van der Waals surface area (Å²) < 4.78 is 0. The van der Waals surface area contributed by atoms with Gasteiger partial charge in [-0.15, -0.1) is 0 Å². The first kappa shape index (κ1) is 10.8. The summed E-state index contributed by atoms with van der Waals surface area (Å²) in [5.41, 5.74) is 0.836. The zero-order valence-corrected chi connectivity index (χ0v) is 8.46. The van der Waals surface area contributed by atoms with Gasteiger partial charge in [0.05, 0.1) is 30.5 Å². The van der Waals surface area contributed by atoms with Gasteiger partial charge in [-0.25, -0.2) is 0 Å². The number of anilines is 1. The molecule has 0 bridgehead atoms. The molecule has 1 aromatic carbocycles. The van der Waals surface area contributed by atoms with E-state index in [1.165, 1.54) is 4.90 Å². The predicted molar refractivity (Wildman–Crippen MR) is 56.2 cm³/mol. The van der Waals surface area contributed by atoms with Crippen LogP contribution in [0, 0.1) is 0 Å². The second-order valence-corrected chi connectivity index (χ2v) is 3.60. The fraction of sp³-hybridized carbons (Fsp3) is 0.273. The number of ketones is 1. The fourth-order valence-corrected chi connectivity index (χ4v) is 1.70. The topological polar surface area (TPSA) is 77.8 Å². The van der Waals surface area contributed by atoms with Crippen LogP contribution in [0.4, 0.5) is 5.69 Å². The normalized spacial score (nSPS) is 16.5. The number of aliphatic hydroxyl groups excluding tert-OH is 2. The molecule has 5 heteroatoms. The van der Waals surface area contributed by atoms with Crippen LogP contribution in [-0.2, 0) is 4.79 Å². The first-order chi connectivity index (χ1) is 7.65. The number of amides is 1. The molecule has 1 heterocycles. The van der Waals surface area contributed by atoms with Crippen LogP contribution in [0.2, 0.25) is 0 Å². The van der Waals surface area contributed by atoms with Crippen molar-refractivity contribution in [3.8, 4) is 0 Å². The number of hydrogen-bond donors (Lipinski definition) is 2. The van der Waals surface area contributed by atoms with Gasteiger partial charge < -0.3 is 15.1 Å². The van der Waals surface area contributed by atoms with Crippen molar-refractivity contribution in [3.05, 3.63) is 29.8 Å². The Labute approximate surface area is 91.9 Å². The van der Waals surface area contributed by atoms with Crippen LogP contribution in [0.25, 0.3) is 0 Å². The third-order valence-corrected chi connectivity index (χ3v) is 2.48. The average Bonchev–Trinajstić information content (AvgIpc) is 2.55. The number of para-hydroxylation sites is 1. The second kappa shape index (κ2) is 4.03. The predicted octanol–water partition coefficient (Wildman–Crippen LogP) is -0.431. The van der Waals surface area contributed by atoms with E-state index in [2.05, 4.69) is 0 Å². The molecule has 1 aliphatic heterocycles. The number of aliphatic hydroxyl groups is 2. The van der Waals surface area contributed by atoms with E-state index in [-0.39, 0.29) is 6.54 Å². The molecular weight excluding hydrogens is 210 g/mol. The summed E-state index contributed by atoms with van der Waals surface area (Å²) in [6.07, 6.45) is -1.04. The highest BCUT2D eigenvalue weighted by molar-refractivity contribution is 6.52. The van der Waals surface area contributed by atoms with E-state index in [1.54, 1.807) is 24.3 Å². The maximum absolute atomic E-state index is 11.6. The van der Waals surface area contributed by atoms with E-state index >= 15 is 0 Å². The van der Waals surface area contributed by atoms with Crippen molar-refractivity contribution in [2.75, 3.05) is 18.1 Å². The van der Waals surface area contributed by atoms with Gasteiger partial charge in [-0.1, -0.05) is 12.1 Å². The maximum Gasteiger partial charge on any atom is 0.299 e. The lowest BCUT2D eigenvalue weighted by molar-refractivity contribution is -0.114. The van der Waals surface area contributed by atoms with Crippen LogP contribution in [-0.4, -0.2) is 41.2 Å². The number of β-amino-alcohol motifs (C(OH)–C–C–N with tert-alkyl or cyclic N) is 1. The van der Waals surface area contributed by atoms with Gasteiger partial charge >= 0.3 is 0 Å². The van der Waals surface area contributed by atoms with Gasteiger partial charge in [0.15, 0.2) is 0 Å². The van der Waals surface area contributed by atoms with E-state index in [4.69, 9.17) is 5.11 Å². The van der Waals surface area contributed by atoms with Crippen LogP contribution in [0.5, 0.6) is 0 Å². The monoisotopic (exact) mass is 221 g/mol. The lowest BCUT2D eigenvalue weighted by Crippen LogP contribution is -2.38. The molecule has 1 amide bonds. The summed E-state index contributed by atoms with van der Waals surface area (Å²) in [5, 5.41) is 18.0. The fourth-order valence-electron chi connectivity index (χ4n) is 1.70. The number of hydrogen-bond acceptors (Lipinski definition) is 4. The average molecular weight is 221 g/mol. The lowest BCUT2D eigenvalue weighted by Gasteiger charge is -2.18. The van der Waals surface area contributed by atoms with Crippen LogP contribution in [0.1, 0.15) is 10.4 Å². The molecule has 0 saturated carbocycles.